The quantitative estimate of drug-likeness (QED) is 0.740. The Hall–Kier alpha value is -1.00. The highest BCUT2D eigenvalue weighted by atomic mass is 35.5. The van der Waals surface area contributed by atoms with Gasteiger partial charge in [0.2, 0.25) is 0 Å². The first-order valence-corrected chi connectivity index (χ1v) is 5.40. The second-order valence-electron chi connectivity index (χ2n) is 3.50. The van der Waals surface area contributed by atoms with Gasteiger partial charge in [-0.3, -0.25) is 0 Å². The van der Waals surface area contributed by atoms with Crippen molar-refractivity contribution in [2.45, 2.75) is 6.42 Å². The average molecular weight is 228 g/mol. The Morgan fingerprint density at radius 3 is 3.07 bits per heavy atom. The number of nitrogens with zero attached hydrogens (tertiary/aromatic N) is 2. The standard InChI is InChI=1S/C10H14ClN3O/c11-9-3-2-8(12)10(13-9)14-4-1-6-15-7-5-14/h2-3H,1,4-7,12H2. The molecule has 1 aliphatic rings. The molecule has 1 aromatic rings. The first kappa shape index (κ1) is 10.5. The van der Waals surface area contributed by atoms with Crippen LogP contribution in [0.25, 0.3) is 0 Å². The number of ether oxygens (including phenoxy) is 1. The molecule has 0 unspecified atom stereocenters. The Bertz CT molecular complexity index is 337. The van der Waals surface area contributed by atoms with Crippen molar-refractivity contribution in [1.82, 2.24) is 4.98 Å². The highest BCUT2D eigenvalue weighted by Crippen LogP contribution is 2.23. The minimum absolute atomic E-state index is 0.476. The van der Waals surface area contributed by atoms with Crippen molar-refractivity contribution in [1.29, 1.82) is 0 Å². The SMILES string of the molecule is Nc1ccc(Cl)nc1N1CCCOCC1. The lowest BCUT2D eigenvalue weighted by Crippen LogP contribution is -2.27. The fourth-order valence-corrected chi connectivity index (χ4v) is 1.79. The second kappa shape index (κ2) is 4.68. The molecule has 1 fully saturated rings. The normalized spacial score (nSPS) is 17.5. The molecule has 0 aromatic carbocycles. The maximum atomic E-state index is 5.87. The molecule has 5 heteroatoms. The highest BCUT2D eigenvalue weighted by molar-refractivity contribution is 6.29. The fourth-order valence-electron chi connectivity index (χ4n) is 1.65. The van der Waals surface area contributed by atoms with Crippen LogP contribution in [0.1, 0.15) is 6.42 Å². The van der Waals surface area contributed by atoms with Crippen LogP contribution >= 0.6 is 11.6 Å². The van der Waals surface area contributed by atoms with Crippen LogP contribution in [-0.4, -0.2) is 31.3 Å². The van der Waals surface area contributed by atoms with Gasteiger partial charge in [-0.1, -0.05) is 11.6 Å². The van der Waals surface area contributed by atoms with Crippen molar-refractivity contribution in [2.75, 3.05) is 36.9 Å². The summed E-state index contributed by atoms with van der Waals surface area (Å²) in [7, 11) is 0. The summed E-state index contributed by atoms with van der Waals surface area (Å²) < 4.78 is 5.37. The van der Waals surface area contributed by atoms with Crippen molar-refractivity contribution in [3.63, 3.8) is 0 Å². The summed E-state index contributed by atoms with van der Waals surface area (Å²) in [6.45, 7) is 3.25. The molecule has 0 atom stereocenters. The van der Waals surface area contributed by atoms with Crippen LogP contribution in [0, 0.1) is 0 Å². The summed E-state index contributed by atoms with van der Waals surface area (Å²) in [6, 6.07) is 3.49. The number of anilines is 2. The number of nitrogens with two attached hydrogens (primary N) is 1. The molecule has 0 spiro atoms. The van der Waals surface area contributed by atoms with Crippen LogP contribution in [0.15, 0.2) is 12.1 Å². The van der Waals surface area contributed by atoms with E-state index in [1.54, 1.807) is 12.1 Å². The molecule has 1 saturated heterocycles. The monoisotopic (exact) mass is 227 g/mol. The summed E-state index contributed by atoms with van der Waals surface area (Å²) in [5, 5.41) is 0.476. The van der Waals surface area contributed by atoms with Crippen LogP contribution in [0.3, 0.4) is 0 Å². The lowest BCUT2D eigenvalue weighted by Gasteiger charge is -2.22. The Kier molecular flexibility index (Phi) is 3.28. The molecule has 1 aliphatic heterocycles. The van der Waals surface area contributed by atoms with Gasteiger partial charge in [0.1, 0.15) is 5.15 Å². The molecule has 0 radical (unpaired) electrons. The third-order valence-corrected chi connectivity index (χ3v) is 2.60. The first-order valence-electron chi connectivity index (χ1n) is 5.02. The van der Waals surface area contributed by atoms with Crippen LogP contribution in [-0.2, 0) is 4.74 Å². The topological polar surface area (TPSA) is 51.4 Å². The zero-order valence-corrected chi connectivity index (χ0v) is 9.20. The van der Waals surface area contributed by atoms with Crippen molar-refractivity contribution < 1.29 is 4.74 Å². The lowest BCUT2D eigenvalue weighted by molar-refractivity contribution is 0.152. The van der Waals surface area contributed by atoms with E-state index in [1.807, 2.05) is 0 Å². The van der Waals surface area contributed by atoms with Crippen molar-refractivity contribution in [2.24, 2.45) is 0 Å². The molecular weight excluding hydrogens is 214 g/mol. The van der Waals surface area contributed by atoms with E-state index in [1.165, 1.54) is 0 Å². The van der Waals surface area contributed by atoms with E-state index >= 15 is 0 Å². The maximum Gasteiger partial charge on any atom is 0.153 e. The minimum atomic E-state index is 0.476. The van der Waals surface area contributed by atoms with Crippen molar-refractivity contribution in [3.05, 3.63) is 17.3 Å². The fraction of sp³-hybridized carbons (Fsp3) is 0.500. The zero-order valence-electron chi connectivity index (χ0n) is 8.45. The summed E-state index contributed by atoms with van der Waals surface area (Å²) in [5.41, 5.74) is 6.54. The molecule has 82 valence electrons. The lowest BCUT2D eigenvalue weighted by atomic mass is 10.3. The molecule has 2 N–H and O–H groups in total. The molecule has 0 aliphatic carbocycles. The van der Waals surface area contributed by atoms with Gasteiger partial charge in [-0.25, -0.2) is 4.98 Å². The Morgan fingerprint density at radius 2 is 2.20 bits per heavy atom. The Labute approximate surface area is 94.0 Å². The van der Waals surface area contributed by atoms with E-state index in [0.29, 0.717) is 17.4 Å². The highest BCUT2D eigenvalue weighted by Gasteiger charge is 2.14. The zero-order chi connectivity index (χ0) is 10.7. The van der Waals surface area contributed by atoms with Gasteiger partial charge in [0, 0.05) is 19.7 Å². The predicted octanol–water partition coefficient (Wildman–Crippen LogP) is 1.54. The van der Waals surface area contributed by atoms with Crippen LogP contribution in [0.2, 0.25) is 5.15 Å². The number of nitrogen functional groups attached to an aromatic ring is 1. The first-order chi connectivity index (χ1) is 7.27. The third kappa shape index (κ3) is 2.52. The van der Waals surface area contributed by atoms with Gasteiger partial charge in [0.05, 0.1) is 12.3 Å². The van der Waals surface area contributed by atoms with Gasteiger partial charge in [-0.2, -0.15) is 0 Å². The Balaban J connectivity index is 2.22. The Morgan fingerprint density at radius 1 is 1.33 bits per heavy atom. The number of aromatic nitrogens is 1. The van der Waals surface area contributed by atoms with Gasteiger partial charge in [-0.15, -0.1) is 0 Å². The molecule has 2 heterocycles. The van der Waals surface area contributed by atoms with Crippen LogP contribution < -0.4 is 10.6 Å². The van der Waals surface area contributed by atoms with E-state index in [9.17, 15) is 0 Å². The van der Waals surface area contributed by atoms with Crippen molar-refractivity contribution >= 4 is 23.1 Å². The number of hydrogen-bond donors (Lipinski definition) is 1. The van der Waals surface area contributed by atoms with E-state index in [4.69, 9.17) is 22.1 Å². The summed E-state index contributed by atoms with van der Waals surface area (Å²) in [5.74, 6) is 0.771. The maximum absolute atomic E-state index is 5.87. The summed E-state index contributed by atoms with van der Waals surface area (Å²) >= 11 is 5.85. The third-order valence-electron chi connectivity index (χ3n) is 2.39. The summed E-state index contributed by atoms with van der Waals surface area (Å²) in [6.07, 6.45) is 0.994. The number of rotatable bonds is 1. The minimum Gasteiger partial charge on any atom is -0.396 e. The molecular formula is C10H14ClN3O. The average Bonchev–Trinajstić information content (AvgIpc) is 2.50. The summed E-state index contributed by atoms with van der Waals surface area (Å²) in [4.78, 5) is 6.37. The van der Waals surface area contributed by atoms with E-state index in [2.05, 4.69) is 9.88 Å². The predicted molar refractivity (Wildman–Crippen MR) is 61.3 cm³/mol. The van der Waals surface area contributed by atoms with Crippen molar-refractivity contribution in [3.8, 4) is 0 Å². The van der Waals surface area contributed by atoms with E-state index < -0.39 is 0 Å². The molecule has 4 nitrogen and oxygen atoms in total. The molecule has 0 bridgehead atoms. The molecule has 0 amide bonds. The number of hydrogen-bond acceptors (Lipinski definition) is 4. The molecule has 0 saturated carbocycles. The second-order valence-corrected chi connectivity index (χ2v) is 3.89. The van der Waals surface area contributed by atoms with Gasteiger partial charge in [-0.05, 0) is 18.6 Å². The number of halogens is 1. The van der Waals surface area contributed by atoms with Gasteiger partial charge >= 0.3 is 0 Å². The smallest absolute Gasteiger partial charge is 0.153 e. The molecule has 1 aromatic heterocycles. The van der Waals surface area contributed by atoms with E-state index in [0.717, 1.165) is 31.9 Å². The van der Waals surface area contributed by atoms with Gasteiger partial charge in [0.15, 0.2) is 5.82 Å². The largest absolute Gasteiger partial charge is 0.396 e. The van der Waals surface area contributed by atoms with Crippen LogP contribution in [0.5, 0.6) is 0 Å². The molecule has 15 heavy (non-hydrogen) atoms. The van der Waals surface area contributed by atoms with Gasteiger partial charge in [0.25, 0.3) is 0 Å². The molecule has 2 rings (SSSR count). The van der Waals surface area contributed by atoms with Crippen LogP contribution in [0.4, 0.5) is 11.5 Å². The van der Waals surface area contributed by atoms with Gasteiger partial charge < -0.3 is 15.4 Å². The number of pyridine rings is 1. The van der Waals surface area contributed by atoms with E-state index in [-0.39, 0.29) is 0 Å².